The fraction of sp³-hybridized carbons (Fsp3) is 0.263. The van der Waals surface area contributed by atoms with Gasteiger partial charge in [0.2, 0.25) is 5.75 Å². The van der Waals surface area contributed by atoms with Gasteiger partial charge in [-0.2, -0.15) is 5.10 Å². The van der Waals surface area contributed by atoms with Crippen molar-refractivity contribution in [2.75, 3.05) is 21.3 Å². The third-order valence-corrected chi connectivity index (χ3v) is 3.59. The van der Waals surface area contributed by atoms with E-state index < -0.39 is 0 Å². The van der Waals surface area contributed by atoms with Gasteiger partial charge in [0.25, 0.3) is 5.91 Å². The zero-order chi connectivity index (χ0) is 18.1. The first-order valence-electron chi connectivity index (χ1n) is 7.85. The van der Waals surface area contributed by atoms with Gasteiger partial charge in [0, 0.05) is 11.8 Å². The lowest BCUT2D eigenvalue weighted by Gasteiger charge is -2.13. The molecule has 0 saturated heterocycles. The van der Waals surface area contributed by atoms with Gasteiger partial charge < -0.3 is 14.2 Å². The van der Waals surface area contributed by atoms with Crippen molar-refractivity contribution in [3.8, 4) is 17.2 Å². The van der Waals surface area contributed by atoms with E-state index in [1.807, 2.05) is 18.2 Å². The number of nitrogens with one attached hydrogen (secondary N) is 1. The van der Waals surface area contributed by atoms with E-state index in [0.717, 1.165) is 12.8 Å². The van der Waals surface area contributed by atoms with Crippen molar-refractivity contribution < 1.29 is 19.0 Å². The molecular weight excluding hydrogens is 320 g/mol. The normalized spacial score (nSPS) is 10.5. The van der Waals surface area contributed by atoms with Gasteiger partial charge >= 0.3 is 0 Å². The summed E-state index contributed by atoms with van der Waals surface area (Å²) in [6, 6.07) is 13.3. The monoisotopic (exact) mass is 342 g/mol. The maximum absolute atomic E-state index is 12.2. The van der Waals surface area contributed by atoms with Gasteiger partial charge in [-0.1, -0.05) is 30.3 Å². The van der Waals surface area contributed by atoms with E-state index in [4.69, 9.17) is 14.2 Å². The molecule has 0 heterocycles. The Morgan fingerprint density at radius 3 is 2.24 bits per heavy atom. The molecule has 0 radical (unpaired) electrons. The summed E-state index contributed by atoms with van der Waals surface area (Å²) in [5.74, 6) is 0.920. The molecule has 2 aromatic carbocycles. The average Bonchev–Trinajstić information content (AvgIpc) is 2.67. The van der Waals surface area contributed by atoms with Crippen molar-refractivity contribution in [3.05, 3.63) is 53.6 Å². The van der Waals surface area contributed by atoms with Crippen molar-refractivity contribution >= 4 is 12.1 Å². The molecule has 2 rings (SSSR count). The lowest BCUT2D eigenvalue weighted by atomic mass is 10.1. The van der Waals surface area contributed by atoms with Crippen LogP contribution in [0.1, 0.15) is 22.3 Å². The van der Waals surface area contributed by atoms with E-state index in [1.165, 1.54) is 26.9 Å². The highest BCUT2D eigenvalue weighted by atomic mass is 16.5. The van der Waals surface area contributed by atoms with Crippen molar-refractivity contribution in [1.29, 1.82) is 0 Å². The zero-order valence-corrected chi connectivity index (χ0v) is 14.6. The summed E-state index contributed by atoms with van der Waals surface area (Å²) in [6.07, 6.45) is 3.28. The number of rotatable bonds is 8. The Morgan fingerprint density at radius 1 is 1.04 bits per heavy atom. The van der Waals surface area contributed by atoms with Crippen molar-refractivity contribution in [2.24, 2.45) is 5.10 Å². The van der Waals surface area contributed by atoms with Crippen LogP contribution in [-0.2, 0) is 6.42 Å². The predicted octanol–water partition coefficient (Wildman–Crippen LogP) is 3.06. The molecular formula is C19H22N2O4. The van der Waals surface area contributed by atoms with Gasteiger partial charge in [-0.25, -0.2) is 5.43 Å². The van der Waals surface area contributed by atoms with Crippen LogP contribution in [0.15, 0.2) is 47.6 Å². The lowest BCUT2D eigenvalue weighted by Crippen LogP contribution is -2.18. The first kappa shape index (κ1) is 18.3. The Kier molecular flexibility index (Phi) is 6.83. The molecule has 0 spiro atoms. The standard InChI is InChI=1S/C19H22N2O4/c1-23-16-12-15(13-17(24-2)18(16)25-3)19(22)21-20-11-7-10-14-8-5-4-6-9-14/h4-6,8-9,11-13H,7,10H2,1-3H3,(H,21,22)/b20-11-. The van der Waals surface area contributed by atoms with E-state index in [0.29, 0.717) is 22.8 Å². The van der Waals surface area contributed by atoms with Gasteiger partial charge in [-0.05, 0) is 30.5 Å². The molecule has 0 atom stereocenters. The maximum Gasteiger partial charge on any atom is 0.271 e. The molecule has 0 fully saturated rings. The van der Waals surface area contributed by atoms with E-state index in [1.54, 1.807) is 18.3 Å². The first-order valence-corrected chi connectivity index (χ1v) is 7.85. The molecule has 132 valence electrons. The highest BCUT2D eigenvalue weighted by molar-refractivity contribution is 5.95. The summed E-state index contributed by atoms with van der Waals surface area (Å²) < 4.78 is 15.7. The van der Waals surface area contributed by atoms with Crippen LogP contribution in [0.25, 0.3) is 0 Å². The summed E-state index contributed by atoms with van der Waals surface area (Å²) >= 11 is 0. The minimum absolute atomic E-state index is 0.352. The third-order valence-electron chi connectivity index (χ3n) is 3.59. The molecule has 0 bridgehead atoms. The number of hydrogen-bond donors (Lipinski definition) is 1. The molecule has 0 saturated carbocycles. The van der Waals surface area contributed by atoms with Crippen LogP contribution < -0.4 is 19.6 Å². The second-order valence-corrected chi connectivity index (χ2v) is 5.19. The van der Waals surface area contributed by atoms with Crippen LogP contribution in [0.4, 0.5) is 0 Å². The van der Waals surface area contributed by atoms with E-state index >= 15 is 0 Å². The highest BCUT2D eigenvalue weighted by Crippen LogP contribution is 2.38. The van der Waals surface area contributed by atoms with Crippen LogP contribution in [0, 0.1) is 0 Å². The van der Waals surface area contributed by atoms with Crippen LogP contribution in [0.3, 0.4) is 0 Å². The Morgan fingerprint density at radius 2 is 1.68 bits per heavy atom. The smallest absolute Gasteiger partial charge is 0.271 e. The van der Waals surface area contributed by atoms with Gasteiger partial charge in [0.05, 0.1) is 21.3 Å². The number of aryl methyl sites for hydroxylation is 1. The average molecular weight is 342 g/mol. The van der Waals surface area contributed by atoms with Crippen molar-refractivity contribution in [3.63, 3.8) is 0 Å². The molecule has 2 aromatic rings. The Labute approximate surface area is 147 Å². The zero-order valence-electron chi connectivity index (χ0n) is 14.6. The largest absolute Gasteiger partial charge is 0.493 e. The van der Waals surface area contributed by atoms with E-state index in [2.05, 4.69) is 22.7 Å². The molecule has 1 amide bonds. The molecule has 0 aliphatic carbocycles. The SMILES string of the molecule is COc1cc(C(=O)N/N=C\CCc2ccccc2)cc(OC)c1OC. The summed E-state index contributed by atoms with van der Waals surface area (Å²) in [4.78, 5) is 12.2. The fourth-order valence-electron chi connectivity index (χ4n) is 2.32. The van der Waals surface area contributed by atoms with Gasteiger partial charge in [0.1, 0.15) is 0 Å². The molecule has 0 aliphatic rings. The first-order chi connectivity index (χ1) is 12.2. The number of hydrazone groups is 1. The number of carbonyl (C=O) groups is 1. The quantitative estimate of drug-likeness (QED) is 0.591. The molecule has 25 heavy (non-hydrogen) atoms. The van der Waals surface area contributed by atoms with Crippen LogP contribution in [0.2, 0.25) is 0 Å². The summed E-state index contributed by atoms with van der Waals surface area (Å²) in [5, 5.41) is 3.98. The van der Waals surface area contributed by atoms with Crippen molar-refractivity contribution in [1.82, 2.24) is 5.43 Å². The number of hydrogen-bond acceptors (Lipinski definition) is 5. The molecule has 6 nitrogen and oxygen atoms in total. The number of amides is 1. The van der Waals surface area contributed by atoms with E-state index in [-0.39, 0.29) is 5.91 Å². The number of nitrogens with zero attached hydrogens (tertiary/aromatic N) is 1. The Hall–Kier alpha value is -3.02. The number of benzene rings is 2. The predicted molar refractivity (Wildman–Crippen MR) is 96.8 cm³/mol. The summed E-state index contributed by atoms with van der Waals surface area (Å²) in [5.41, 5.74) is 4.10. The van der Waals surface area contributed by atoms with Crippen LogP contribution >= 0.6 is 0 Å². The fourth-order valence-corrected chi connectivity index (χ4v) is 2.32. The minimum Gasteiger partial charge on any atom is -0.493 e. The van der Waals surface area contributed by atoms with Crippen LogP contribution in [0.5, 0.6) is 17.2 Å². The van der Waals surface area contributed by atoms with Crippen molar-refractivity contribution in [2.45, 2.75) is 12.8 Å². The number of carbonyl (C=O) groups excluding carboxylic acids is 1. The topological polar surface area (TPSA) is 69.2 Å². The Bertz CT molecular complexity index is 704. The van der Waals surface area contributed by atoms with E-state index in [9.17, 15) is 4.79 Å². The third kappa shape index (κ3) is 4.97. The van der Waals surface area contributed by atoms with Crippen LogP contribution in [-0.4, -0.2) is 33.5 Å². The second kappa shape index (κ2) is 9.32. The molecule has 0 unspecified atom stereocenters. The maximum atomic E-state index is 12.2. The minimum atomic E-state index is -0.352. The summed E-state index contributed by atoms with van der Waals surface area (Å²) in [6.45, 7) is 0. The van der Waals surface area contributed by atoms with Gasteiger partial charge in [0.15, 0.2) is 11.5 Å². The number of ether oxygens (including phenoxy) is 3. The summed E-state index contributed by atoms with van der Waals surface area (Å²) in [7, 11) is 4.51. The second-order valence-electron chi connectivity index (χ2n) is 5.19. The molecule has 6 heteroatoms. The molecule has 0 aromatic heterocycles. The number of methoxy groups -OCH3 is 3. The lowest BCUT2D eigenvalue weighted by molar-refractivity contribution is 0.0954. The van der Waals surface area contributed by atoms with Gasteiger partial charge in [-0.3, -0.25) is 4.79 Å². The molecule has 1 N–H and O–H groups in total. The van der Waals surface area contributed by atoms with Gasteiger partial charge in [-0.15, -0.1) is 0 Å². The molecule has 0 aliphatic heterocycles. The Balaban J connectivity index is 1.97. The highest BCUT2D eigenvalue weighted by Gasteiger charge is 2.16.